The molecule has 0 saturated heterocycles. The number of anilines is 3. The molecule has 0 atom stereocenters. The normalized spacial score (nSPS) is 13.9. The number of carbonyl (C=O) groups is 1. The van der Waals surface area contributed by atoms with Gasteiger partial charge in [-0.15, -0.1) is 0 Å². The van der Waals surface area contributed by atoms with Crippen molar-refractivity contribution in [3.05, 3.63) is 131 Å². The zero-order chi connectivity index (χ0) is 26.2. The van der Waals surface area contributed by atoms with Crippen molar-refractivity contribution in [2.45, 2.75) is 20.8 Å². The topological polar surface area (TPSA) is 66.6 Å². The van der Waals surface area contributed by atoms with Crippen molar-refractivity contribution in [2.75, 3.05) is 10.6 Å². The quantitative estimate of drug-likeness (QED) is 0.256. The molecule has 0 saturated carbocycles. The molecule has 0 fully saturated rings. The maximum atomic E-state index is 13.3. The number of ketones is 1. The van der Waals surface area contributed by atoms with Crippen molar-refractivity contribution in [2.24, 2.45) is 4.99 Å². The van der Waals surface area contributed by atoms with E-state index in [0.29, 0.717) is 28.3 Å². The Morgan fingerprint density at radius 2 is 1.21 bits per heavy atom. The van der Waals surface area contributed by atoms with Crippen molar-refractivity contribution in [3.63, 3.8) is 0 Å². The lowest BCUT2D eigenvalue weighted by Crippen LogP contribution is -2.21. The SMILES string of the molecule is Cc1ccc(N=C2C(Nc3ccc(C)cc3)=CC(=O)c3oc4ccc(Nc5ccc(C)cc5)cc4c32)cc1. The van der Waals surface area contributed by atoms with E-state index in [2.05, 4.69) is 29.7 Å². The van der Waals surface area contributed by atoms with Crippen molar-refractivity contribution >= 4 is 45.2 Å². The van der Waals surface area contributed by atoms with Gasteiger partial charge >= 0.3 is 0 Å². The Labute approximate surface area is 221 Å². The molecular weight excluding hydrogens is 470 g/mol. The van der Waals surface area contributed by atoms with Crippen LogP contribution in [-0.4, -0.2) is 11.5 Å². The second-order valence-electron chi connectivity index (χ2n) is 9.72. The molecule has 0 unspecified atom stereocenters. The first kappa shape index (κ1) is 23.5. The molecule has 186 valence electrons. The minimum absolute atomic E-state index is 0.193. The molecule has 0 amide bonds. The maximum Gasteiger partial charge on any atom is 0.223 e. The molecule has 0 radical (unpaired) electrons. The number of hydrogen-bond acceptors (Lipinski definition) is 5. The second kappa shape index (κ2) is 9.52. The van der Waals surface area contributed by atoms with Crippen molar-refractivity contribution in [1.82, 2.24) is 0 Å². The van der Waals surface area contributed by atoms with E-state index in [-0.39, 0.29) is 5.78 Å². The fraction of sp³-hybridized carbons (Fsp3) is 0.0909. The molecule has 0 aliphatic heterocycles. The van der Waals surface area contributed by atoms with Gasteiger partial charge in [-0.1, -0.05) is 53.1 Å². The van der Waals surface area contributed by atoms with Gasteiger partial charge in [-0.25, -0.2) is 4.99 Å². The number of carbonyl (C=O) groups excluding carboxylic acids is 1. The van der Waals surface area contributed by atoms with Gasteiger partial charge in [0.05, 0.1) is 22.7 Å². The molecule has 5 heteroatoms. The van der Waals surface area contributed by atoms with Crippen LogP contribution in [0.2, 0.25) is 0 Å². The summed E-state index contributed by atoms with van der Waals surface area (Å²) in [6.07, 6.45) is 1.57. The molecule has 38 heavy (non-hydrogen) atoms. The van der Waals surface area contributed by atoms with Gasteiger partial charge in [0.15, 0.2) is 5.76 Å². The van der Waals surface area contributed by atoms with E-state index in [4.69, 9.17) is 9.41 Å². The minimum Gasteiger partial charge on any atom is -0.452 e. The summed E-state index contributed by atoms with van der Waals surface area (Å²) in [5, 5.41) is 7.72. The van der Waals surface area contributed by atoms with E-state index in [1.54, 1.807) is 6.08 Å². The average Bonchev–Trinajstić information content (AvgIpc) is 3.30. The van der Waals surface area contributed by atoms with Gasteiger partial charge < -0.3 is 15.1 Å². The van der Waals surface area contributed by atoms with Crippen LogP contribution < -0.4 is 10.6 Å². The number of furan rings is 1. The van der Waals surface area contributed by atoms with Gasteiger partial charge in [-0.3, -0.25) is 4.79 Å². The predicted molar refractivity (Wildman–Crippen MR) is 155 cm³/mol. The molecule has 4 aromatic carbocycles. The molecule has 1 heterocycles. The van der Waals surface area contributed by atoms with Crippen LogP contribution >= 0.6 is 0 Å². The molecule has 2 N–H and O–H groups in total. The van der Waals surface area contributed by atoms with Crippen molar-refractivity contribution in [1.29, 1.82) is 0 Å². The number of allylic oxidation sites excluding steroid dienone is 2. The summed E-state index contributed by atoms with van der Waals surface area (Å²) in [6.45, 7) is 6.16. The standard InChI is InChI=1S/C33H27N3O2/c1-20-4-10-23(11-5-20)34-26-16-17-30-27(18-26)31-32(36-25-14-8-22(3)9-15-25)28(19-29(37)33(31)38-30)35-24-12-6-21(2)7-13-24/h4-19,34-35H,1-3H3. The van der Waals surface area contributed by atoms with E-state index in [9.17, 15) is 4.79 Å². The highest BCUT2D eigenvalue weighted by Crippen LogP contribution is 2.36. The highest BCUT2D eigenvalue weighted by molar-refractivity contribution is 6.31. The third-order valence-electron chi connectivity index (χ3n) is 6.62. The van der Waals surface area contributed by atoms with Crippen molar-refractivity contribution < 1.29 is 9.21 Å². The molecule has 6 rings (SSSR count). The van der Waals surface area contributed by atoms with E-state index < -0.39 is 0 Å². The lowest BCUT2D eigenvalue weighted by molar-refractivity contribution is 0.102. The van der Waals surface area contributed by atoms with Crippen LogP contribution in [0.1, 0.15) is 32.8 Å². The number of hydrogen-bond donors (Lipinski definition) is 2. The molecule has 1 aliphatic rings. The first-order valence-corrected chi connectivity index (χ1v) is 12.6. The number of benzene rings is 4. The summed E-state index contributed by atoms with van der Waals surface area (Å²) in [4.78, 5) is 18.3. The van der Waals surface area contributed by atoms with E-state index in [0.717, 1.165) is 39.3 Å². The van der Waals surface area contributed by atoms with Gasteiger partial charge in [0.2, 0.25) is 5.78 Å². The minimum atomic E-state index is -0.193. The van der Waals surface area contributed by atoms with Crippen LogP contribution in [0, 0.1) is 20.8 Å². The van der Waals surface area contributed by atoms with E-state index in [1.165, 1.54) is 5.56 Å². The Morgan fingerprint density at radius 1 is 0.658 bits per heavy atom. The Balaban J connectivity index is 1.48. The summed E-state index contributed by atoms with van der Waals surface area (Å²) in [5.74, 6) is 0.106. The Kier molecular flexibility index (Phi) is 5.89. The maximum absolute atomic E-state index is 13.3. The first-order chi connectivity index (χ1) is 18.4. The molecule has 0 bridgehead atoms. The first-order valence-electron chi connectivity index (χ1n) is 12.6. The summed E-state index contributed by atoms with van der Waals surface area (Å²) < 4.78 is 6.09. The zero-order valence-corrected chi connectivity index (χ0v) is 21.5. The van der Waals surface area contributed by atoms with Gasteiger partial charge in [-0.2, -0.15) is 0 Å². The number of nitrogens with one attached hydrogen (secondary N) is 2. The largest absolute Gasteiger partial charge is 0.452 e. The third kappa shape index (κ3) is 4.62. The fourth-order valence-electron chi connectivity index (χ4n) is 4.54. The Bertz CT molecular complexity index is 1720. The Morgan fingerprint density at radius 3 is 1.84 bits per heavy atom. The Hall–Kier alpha value is -4.90. The van der Waals surface area contributed by atoms with E-state index in [1.807, 2.05) is 92.7 Å². The van der Waals surface area contributed by atoms with Gasteiger partial charge in [0, 0.05) is 28.5 Å². The third-order valence-corrected chi connectivity index (χ3v) is 6.62. The van der Waals surface area contributed by atoms with Crippen LogP contribution in [0.5, 0.6) is 0 Å². The summed E-state index contributed by atoms with van der Waals surface area (Å²) in [6, 6.07) is 30.2. The van der Waals surface area contributed by atoms with Crippen LogP contribution in [0.25, 0.3) is 11.0 Å². The molecule has 0 spiro atoms. The van der Waals surface area contributed by atoms with Gasteiger partial charge in [-0.05, 0) is 75.4 Å². The predicted octanol–water partition coefficient (Wildman–Crippen LogP) is 8.41. The summed E-state index contributed by atoms with van der Waals surface area (Å²) >= 11 is 0. The number of nitrogens with zero attached hydrogens (tertiary/aromatic N) is 1. The molecular formula is C33H27N3O2. The summed E-state index contributed by atoms with van der Waals surface area (Å²) in [7, 11) is 0. The molecule has 1 aliphatic carbocycles. The lowest BCUT2D eigenvalue weighted by atomic mass is 9.95. The number of aliphatic imine (C=N–C) groups is 1. The molecule has 5 aromatic rings. The van der Waals surface area contributed by atoms with Crippen LogP contribution in [0.4, 0.5) is 22.7 Å². The smallest absolute Gasteiger partial charge is 0.223 e. The monoisotopic (exact) mass is 497 g/mol. The second-order valence-corrected chi connectivity index (χ2v) is 9.72. The number of fused-ring (bicyclic) bond motifs is 3. The number of rotatable bonds is 5. The number of aryl methyl sites for hydroxylation is 3. The highest BCUT2D eigenvalue weighted by Gasteiger charge is 2.31. The van der Waals surface area contributed by atoms with Crippen molar-refractivity contribution in [3.8, 4) is 0 Å². The van der Waals surface area contributed by atoms with Gasteiger partial charge in [0.1, 0.15) is 5.58 Å². The van der Waals surface area contributed by atoms with Crippen LogP contribution in [0.15, 0.2) is 112 Å². The van der Waals surface area contributed by atoms with Gasteiger partial charge in [0.25, 0.3) is 0 Å². The highest BCUT2D eigenvalue weighted by atomic mass is 16.3. The molecule has 1 aromatic heterocycles. The average molecular weight is 498 g/mol. The lowest BCUT2D eigenvalue weighted by Gasteiger charge is -2.18. The van der Waals surface area contributed by atoms with E-state index >= 15 is 0 Å². The summed E-state index contributed by atoms with van der Waals surface area (Å²) in [5.41, 5.74) is 9.70. The van der Waals surface area contributed by atoms with Crippen LogP contribution in [0.3, 0.4) is 0 Å². The zero-order valence-electron chi connectivity index (χ0n) is 21.5. The molecule has 5 nitrogen and oxygen atoms in total. The fourth-order valence-corrected chi connectivity index (χ4v) is 4.54. The van der Waals surface area contributed by atoms with Crippen LogP contribution in [-0.2, 0) is 0 Å².